The number of rotatable bonds is 4. The second-order valence-corrected chi connectivity index (χ2v) is 6.42. The normalized spacial score (nSPS) is 18.3. The Morgan fingerprint density at radius 1 is 1.18 bits per heavy atom. The van der Waals surface area contributed by atoms with E-state index in [0.29, 0.717) is 6.04 Å². The van der Waals surface area contributed by atoms with Crippen molar-refractivity contribution in [1.82, 2.24) is 0 Å². The first-order chi connectivity index (χ1) is 10.7. The summed E-state index contributed by atoms with van der Waals surface area (Å²) in [6, 6.07) is 18.3. The fraction of sp³-hybridized carbons (Fsp3) is 0.368. The number of hydrogen-bond donors (Lipinski definition) is 1. The molecule has 2 aromatic rings. The van der Waals surface area contributed by atoms with Gasteiger partial charge in [-0.25, -0.2) is 0 Å². The summed E-state index contributed by atoms with van der Waals surface area (Å²) < 4.78 is 0. The van der Waals surface area contributed by atoms with E-state index >= 15 is 0 Å². The third-order valence-electron chi connectivity index (χ3n) is 4.29. The Labute approximate surface area is 138 Å². The van der Waals surface area contributed by atoms with Gasteiger partial charge in [0.1, 0.15) is 0 Å². The Kier molecular flexibility index (Phi) is 4.89. The average Bonchev–Trinajstić information content (AvgIpc) is 2.55. The van der Waals surface area contributed by atoms with Crippen LogP contribution in [0, 0.1) is 13.0 Å². The van der Waals surface area contributed by atoms with E-state index in [-0.39, 0.29) is 0 Å². The van der Waals surface area contributed by atoms with Crippen LogP contribution in [0.4, 0.5) is 11.4 Å². The minimum Gasteiger partial charge on any atom is -0.383 e. The molecule has 1 radical (unpaired) electrons. The van der Waals surface area contributed by atoms with Crippen LogP contribution in [-0.4, -0.2) is 19.1 Å². The van der Waals surface area contributed by atoms with Gasteiger partial charge in [0.25, 0.3) is 0 Å². The van der Waals surface area contributed by atoms with E-state index in [4.69, 9.17) is 11.6 Å². The Morgan fingerprint density at radius 2 is 2.00 bits per heavy atom. The predicted octanol–water partition coefficient (Wildman–Crippen LogP) is 4.92. The third-order valence-corrected chi connectivity index (χ3v) is 4.52. The molecule has 1 aliphatic rings. The molecular formula is C19H22ClN2. The van der Waals surface area contributed by atoms with E-state index in [1.807, 2.05) is 12.1 Å². The van der Waals surface area contributed by atoms with Crippen molar-refractivity contribution in [3.8, 4) is 0 Å². The van der Waals surface area contributed by atoms with Gasteiger partial charge in [0.05, 0.1) is 0 Å². The maximum Gasteiger partial charge on any atom is 0.0462 e. The molecule has 1 saturated heterocycles. The summed E-state index contributed by atoms with van der Waals surface area (Å²) in [6.07, 6.45) is 3.76. The molecule has 0 bridgehead atoms. The predicted molar refractivity (Wildman–Crippen MR) is 94.9 cm³/mol. The molecule has 2 nitrogen and oxygen atoms in total. The van der Waals surface area contributed by atoms with Crippen LogP contribution >= 0.6 is 11.6 Å². The third kappa shape index (κ3) is 3.75. The molecule has 1 atom stereocenters. The largest absolute Gasteiger partial charge is 0.383 e. The van der Waals surface area contributed by atoms with Crippen LogP contribution in [0.2, 0.25) is 5.02 Å². The van der Waals surface area contributed by atoms with Crippen LogP contribution in [0.1, 0.15) is 24.8 Å². The molecule has 1 unspecified atom stereocenters. The van der Waals surface area contributed by atoms with E-state index in [2.05, 4.69) is 53.5 Å². The number of anilines is 2. The summed E-state index contributed by atoms with van der Waals surface area (Å²) in [5, 5.41) is 4.32. The fourth-order valence-electron chi connectivity index (χ4n) is 3.01. The van der Waals surface area contributed by atoms with Crippen LogP contribution in [0.25, 0.3) is 0 Å². The van der Waals surface area contributed by atoms with Crippen molar-refractivity contribution in [3.05, 3.63) is 59.1 Å². The molecule has 1 aliphatic heterocycles. The van der Waals surface area contributed by atoms with Crippen LogP contribution in [0.3, 0.4) is 0 Å². The van der Waals surface area contributed by atoms with Gasteiger partial charge in [-0.05, 0) is 56.5 Å². The first-order valence-electron chi connectivity index (χ1n) is 7.97. The van der Waals surface area contributed by atoms with Gasteiger partial charge >= 0.3 is 0 Å². The van der Waals surface area contributed by atoms with E-state index in [1.165, 1.54) is 30.5 Å². The van der Waals surface area contributed by atoms with Crippen LogP contribution in [-0.2, 0) is 0 Å². The van der Waals surface area contributed by atoms with Gasteiger partial charge in [0.15, 0.2) is 0 Å². The number of aryl methyl sites for hydroxylation is 1. The van der Waals surface area contributed by atoms with Gasteiger partial charge in [-0.3, -0.25) is 0 Å². The Balaban J connectivity index is 1.67. The molecule has 0 amide bonds. The minimum absolute atomic E-state index is 0.507. The highest BCUT2D eigenvalue weighted by molar-refractivity contribution is 6.30. The molecule has 0 spiro atoms. The second-order valence-electron chi connectivity index (χ2n) is 5.98. The lowest BCUT2D eigenvalue weighted by molar-refractivity contribution is 0.472. The van der Waals surface area contributed by atoms with Crippen molar-refractivity contribution >= 4 is 23.0 Å². The number of benzene rings is 2. The maximum atomic E-state index is 5.98. The molecule has 1 heterocycles. The molecular weight excluding hydrogens is 292 g/mol. The molecule has 2 aromatic carbocycles. The lowest BCUT2D eigenvalue weighted by Crippen LogP contribution is -2.43. The quantitative estimate of drug-likeness (QED) is 0.862. The van der Waals surface area contributed by atoms with Gasteiger partial charge < -0.3 is 10.2 Å². The van der Waals surface area contributed by atoms with Crippen molar-refractivity contribution in [2.45, 2.75) is 32.2 Å². The molecule has 3 heteroatoms. The SMILES string of the molecule is Cc1ccc(NCC2CCCCN2c2[c]cc(Cl)cc2)cc1. The summed E-state index contributed by atoms with van der Waals surface area (Å²) >= 11 is 5.98. The number of nitrogens with zero attached hydrogens (tertiary/aromatic N) is 1. The molecule has 3 rings (SSSR count). The zero-order valence-electron chi connectivity index (χ0n) is 13.0. The van der Waals surface area contributed by atoms with Crippen molar-refractivity contribution < 1.29 is 0 Å². The standard InChI is InChI=1S/C19H22ClN2/c1-15-5-9-17(10-6-15)21-14-19-4-2-3-13-22(19)18-11-7-16(20)8-12-18/h5-11,19,21H,2-4,13-14H2,1H3. The fourth-order valence-corrected chi connectivity index (χ4v) is 3.13. The van der Waals surface area contributed by atoms with Crippen LogP contribution in [0.15, 0.2) is 42.5 Å². The molecule has 0 aliphatic carbocycles. The molecule has 1 N–H and O–H groups in total. The van der Waals surface area contributed by atoms with Gasteiger partial charge in [-0.2, -0.15) is 0 Å². The van der Waals surface area contributed by atoms with E-state index in [0.717, 1.165) is 23.8 Å². The Morgan fingerprint density at radius 3 is 2.73 bits per heavy atom. The highest BCUT2D eigenvalue weighted by atomic mass is 35.5. The number of piperidine rings is 1. The summed E-state index contributed by atoms with van der Waals surface area (Å²) in [5.74, 6) is 0. The van der Waals surface area contributed by atoms with Gasteiger partial charge in [0.2, 0.25) is 0 Å². The van der Waals surface area contributed by atoms with Crippen molar-refractivity contribution in [2.75, 3.05) is 23.3 Å². The molecule has 1 fully saturated rings. The smallest absolute Gasteiger partial charge is 0.0462 e. The Hall–Kier alpha value is -1.67. The monoisotopic (exact) mass is 313 g/mol. The summed E-state index contributed by atoms with van der Waals surface area (Å²) in [6.45, 7) is 4.17. The summed E-state index contributed by atoms with van der Waals surface area (Å²) in [7, 11) is 0. The van der Waals surface area contributed by atoms with Gasteiger partial charge in [-0.15, -0.1) is 0 Å². The van der Waals surface area contributed by atoms with E-state index < -0.39 is 0 Å². The maximum absolute atomic E-state index is 5.98. The minimum atomic E-state index is 0.507. The van der Waals surface area contributed by atoms with Gasteiger partial charge in [0, 0.05) is 41.6 Å². The molecule has 0 aromatic heterocycles. The molecule has 115 valence electrons. The van der Waals surface area contributed by atoms with Gasteiger partial charge in [-0.1, -0.05) is 29.3 Å². The number of halogens is 1. The van der Waals surface area contributed by atoms with E-state index in [9.17, 15) is 0 Å². The zero-order valence-corrected chi connectivity index (χ0v) is 13.7. The zero-order chi connectivity index (χ0) is 15.4. The van der Waals surface area contributed by atoms with Crippen LogP contribution < -0.4 is 10.2 Å². The van der Waals surface area contributed by atoms with Crippen molar-refractivity contribution in [1.29, 1.82) is 0 Å². The first-order valence-corrected chi connectivity index (χ1v) is 8.34. The highest BCUT2D eigenvalue weighted by Crippen LogP contribution is 2.26. The lowest BCUT2D eigenvalue weighted by Gasteiger charge is -2.37. The molecule has 22 heavy (non-hydrogen) atoms. The summed E-state index contributed by atoms with van der Waals surface area (Å²) in [5.41, 5.74) is 3.64. The topological polar surface area (TPSA) is 15.3 Å². The van der Waals surface area contributed by atoms with Crippen LogP contribution in [0.5, 0.6) is 0 Å². The highest BCUT2D eigenvalue weighted by Gasteiger charge is 2.22. The van der Waals surface area contributed by atoms with Crippen molar-refractivity contribution in [3.63, 3.8) is 0 Å². The summed E-state index contributed by atoms with van der Waals surface area (Å²) in [4.78, 5) is 2.46. The number of nitrogens with one attached hydrogen (secondary N) is 1. The Bertz CT molecular complexity index is 592. The molecule has 0 saturated carbocycles. The first kappa shape index (κ1) is 15.2. The van der Waals surface area contributed by atoms with Crippen molar-refractivity contribution in [2.24, 2.45) is 0 Å². The average molecular weight is 314 g/mol. The second kappa shape index (κ2) is 7.06. The number of hydrogen-bond acceptors (Lipinski definition) is 2. The van der Waals surface area contributed by atoms with E-state index in [1.54, 1.807) is 0 Å². The lowest BCUT2D eigenvalue weighted by atomic mass is 10.0.